The molecule has 4 aliphatic rings. The molecule has 35 heavy (non-hydrogen) atoms. The Hall–Kier alpha value is -2.78. The van der Waals surface area contributed by atoms with Crippen LogP contribution in [0.1, 0.15) is 70.1 Å². The maximum Gasteiger partial charge on any atom is 0.151 e. The molecular formula is C26H36N8O. The average Bonchev–Trinajstić information content (AvgIpc) is 3.23. The third-order valence-corrected chi connectivity index (χ3v) is 8.64. The van der Waals surface area contributed by atoms with Gasteiger partial charge in [0.05, 0.1) is 17.8 Å². The highest BCUT2D eigenvalue weighted by molar-refractivity contribution is 6.14. The second-order valence-electron chi connectivity index (χ2n) is 11.1. The number of aliphatic imine (C=N–C) groups is 1. The Morgan fingerprint density at radius 2 is 2.00 bits per heavy atom. The third kappa shape index (κ3) is 3.76. The van der Waals surface area contributed by atoms with Gasteiger partial charge in [0, 0.05) is 53.4 Å². The topological polar surface area (TPSA) is 139 Å². The number of nitrogens with one attached hydrogen (secondary N) is 1. The number of hydrogen-bond donors (Lipinski definition) is 4. The largest absolute Gasteiger partial charge is 0.404 e. The predicted molar refractivity (Wildman–Crippen MR) is 139 cm³/mol. The Kier molecular flexibility index (Phi) is 5.45. The molecule has 1 aliphatic carbocycles. The Bertz CT molecular complexity index is 1190. The predicted octanol–water partition coefficient (Wildman–Crippen LogP) is 2.63. The van der Waals surface area contributed by atoms with E-state index in [1.54, 1.807) is 12.4 Å². The van der Waals surface area contributed by atoms with Gasteiger partial charge >= 0.3 is 0 Å². The van der Waals surface area contributed by atoms with Gasteiger partial charge in [-0.3, -0.25) is 9.89 Å². The van der Waals surface area contributed by atoms with E-state index >= 15 is 0 Å². The number of aliphatic hydroxyl groups excluding tert-OH is 1. The van der Waals surface area contributed by atoms with Crippen molar-refractivity contribution in [1.82, 2.24) is 19.9 Å². The summed E-state index contributed by atoms with van der Waals surface area (Å²) in [5.41, 5.74) is 16.4. The molecule has 6 rings (SSSR count). The van der Waals surface area contributed by atoms with Crippen LogP contribution in [0, 0.1) is 0 Å². The van der Waals surface area contributed by atoms with Gasteiger partial charge in [0.25, 0.3) is 0 Å². The van der Waals surface area contributed by atoms with Crippen LogP contribution in [-0.4, -0.2) is 67.0 Å². The first-order chi connectivity index (χ1) is 16.9. The van der Waals surface area contributed by atoms with Gasteiger partial charge in [-0.25, -0.2) is 15.0 Å². The first-order valence-electron chi connectivity index (χ1n) is 13.0. The number of aryl methyl sites for hydroxylation is 1. The number of aliphatic hydroxyl groups is 1. The van der Waals surface area contributed by atoms with Crippen LogP contribution in [0.5, 0.6) is 0 Å². The van der Waals surface area contributed by atoms with Crippen LogP contribution in [0.4, 0.5) is 11.6 Å². The fraction of sp³-hybridized carbons (Fsp3) is 0.615. The van der Waals surface area contributed by atoms with E-state index in [4.69, 9.17) is 26.4 Å². The number of rotatable bonds is 6. The van der Waals surface area contributed by atoms with E-state index < -0.39 is 0 Å². The van der Waals surface area contributed by atoms with Crippen molar-refractivity contribution < 1.29 is 5.11 Å². The lowest BCUT2D eigenvalue weighted by Gasteiger charge is -2.72. The normalized spacial score (nSPS) is 34.6. The molecule has 0 aromatic carbocycles. The first-order valence-corrected chi connectivity index (χ1v) is 13.0. The summed E-state index contributed by atoms with van der Waals surface area (Å²) >= 11 is 0. The van der Waals surface area contributed by atoms with Gasteiger partial charge in [-0.2, -0.15) is 0 Å². The first kappa shape index (κ1) is 22.7. The quantitative estimate of drug-likeness (QED) is 0.467. The molecule has 0 radical (unpaired) electrons. The number of aromatic nitrogens is 3. The molecule has 5 heterocycles. The summed E-state index contributed by atoms with van der Waals surface area (Å²) in [5.74, 6) is 1.09. The van der Waals surface area contributed by atoms with Crippen LogP contribution >= 0.6 is 0 Å². The maximum absolute atomic E-state index is 9.95. The molecule has 2 aromatic heterocycles. The summed E-state index contributed by atoms with van der Waals surface area (Å²) in [4.78, 5) is 21.9. The average molecular weight is 477 g/mol. The molecule has 9 nitrogen and oxygen atoms in total. The minimum Gasteiger partial charge on any atom is -0.404 e. The van der Waals surface area contributed by atoms with Crippen molar-refractivity contribution in [1.29, 1.82) is 0 Å². The minimum absolute atomic E-state index is 0.182. The Morgan fingerprint density at radius 1 is 1.23 bits per heavy atom. The summed E-state index contributed by atoms with van der Waals surface area (Å²) in [6.45, 7) is 4.44. The zero-order chi connectivity index (χ0) is 24.3. The van der Waals surface area contributed by atoms with Crippen molar-refractivity contribution in [3.05, 3.63) is 23.7 Å². The van der Waals surface area contributed by atoms with Gasteiger partial charge in [0.1, 0.15) is 16.9 Å². The van der Waals surface area contributed by atoms with E-state index in [9.17, 15) is 5.11 Å². The molecule has 0 bridgehead atoms. The second kappa shape index (κ2) is 8.41. The molecule has 4 atom stereocenters. The highest BCUT2D eigenvalue weighted by atomic mass is 16.3. The number of nitrogens with zero attached hydrogens (tertiary/aromatic N) is 5. The highest BCUT2D eigenvalue weighted by Gasteiger charge is 2.62. The zero-order valence-corrected chi connectivity index (χ0v) is 20.6. The van der Waals surface area contributed by atoms with E-state index in [1.807, 2.05) is 13.1 Å². The van der Waals surface area contributed by atoms with Gasteiger partial charge in [0.2, 0.25) is 0 Å². The van der Waals surface area contributed by atoms with Crippen LogP contribution in [0.25, 0.3) is 16.6 Å². The van der Waals surface area contributed by atoms with Crippen LogP contribution in [0.2, 0.25) is 0 Å². The van der Waals surface area contributed by atoms with Gasteiger partial charge in [0.15, 0.2) is 5.82 Å². The molecule has 0 spiro atoms. The maximum atomic E-state index is 9.95. The lowest BCUT2D eigenvalue weighted by Crippen LogP contribution is -2.79. The highest BCUT2D eigenvalue weighted by Crippen LogP contribution is 2.56. The molecule has 1 saturated carbocycles. The Labute approximate surface area is 206 Å². The van der Waals surface area contributed by atoms with E-state index in [2.05, 4.69) is 22.1 Å². The number of allylic oxidation sites excluding steroid dienone is 1. The fourth-order valence-corrected chi connectivity index (χ4v) is 7.04. The third-order valence-electron chi connectivity index (χ3n) is 8.64. The molecular weight excluding hydrogens is 440 g/mol. The van der Waals surface area contributed by atoms with E-state index in [1.165, 1.54) is 12.8 Å². The van der Waals surface area contributed by atoms with Crippen molar-refractivity contribution in [3.63, 3.8) is 0 Å². The van der Waals surface area contributed by atoms with Crippen LogP contribution in [0.15, 0.2) is 17.4 Å². The van der Waals surface area contributed by atoms with Crippen LogP contribution in [-0.2, 0) is 6.42 Å². The van der Waals surface area contributed by atoms with Crippen molar-refractivity contribution in [2.45, 2.75) is 101 Å². The van der Waals surface area contributed by atoms with Crippen molar-refractivity contribution >= 4 is 34.5 Å². The Morgan fingerprint density at radius 3 is 2.63 bits per heavy atom. The smallest absolute Gasteiger partial charge is 0.151 e. The molecule has 0 amide bonds. The molecule has 4 fully saturated rings. The number of anilines is 2. The van der Waals surface area contributed by atoms with Crippen molar-refractivity contribution in [2.24, 2.45) is 10.7 Å². The second-order valence-corrected chi connectivity index (χ2v) is 11.1. The summed E-state index contributed by atoms with van der Waals surface area (Å²) in [5, 5.41) is 13.5. The van der Waals surface area contributed by atoms with Crippen molar-refractivity contribution in [3.8, 4) is 0 Å². The lowest BCUT2D eigenvalue weighted by atomic mass is 9.60. The van der Waals surface area contributed by atoms with Gasteiger partial charge < -0.3 is 21.9 Å². The summed E-state index contributed by atoms with van der Waals surface area (Å²) in [6.07, 6.45) is 12.9. The fourth-order valence-electron chi connectivity index (χ4n) is 7.04. The van der Waals surface area contributed by atoms with E-state index in [-0.39, 0.29) is 12.1 Å². The number of nitrogen functional groups attached to an aromatic ring is 1. The lowest BCUT2D eigenvalue weighted by molar-refractivity contribution is -0.211. The number of nitrogens with two attached hydrogens (primary N) is 2. The van der Waals surface area contributed by atoms with Gasteiger partial charge in [-0.1, -0.05) is 6.92 Å². The number of hydrogen-bond acceptors (Lipinski definition) is 9. The van der Waals surface area contributed by atoms with E-state index in [0.29, 0.717) is 46.9 Å². The number of fused-ring (bicyclic) bond motifs is 1. The molecule has 3 aliphatic heterocycles. The monoisotopic (exact) mass is 476 g/mol. The van der Waals surface area contributed by atoms with Crippen LogP contribution < -0.4 is 16.8 Å². The molecule has 6 N–H and O–H groups in total. The van der Waals surface area contributed by atoms with Gasteiger partial charge in [-0.05, 0) is 58.3 Å². The molecule has 2 unspecified atom stereocenters. The molecule has 3 saturated heterocycles. The van der Waals surface area contributed by atoms with E-state index in [0.717, 1.165) is 54.8 Å². The SMILES string of the molecule is CCc1nc2c(N)ncc(C(C=NC3CC4CC5(C)CC(C3)N45)=CN)c2nc1N[C@@H]1CC[C@H](O)C1. The molecule has 186 valence electrons. The van der Waals surface area contributed by atoms with Gasteiger partial charge in [-0.15, -0.1) is 0 Å². The standard InChI is InChI=1S/C26H36N8O/c1-3-21-25(31-15-4-5-19(35)8-15)33-22-20(13-30-24(28)23(22)32-21)14(11-27)12-29-16-6-17-9-26(2)10-18(7-16)34(17)26/h11-13,15-19,35H,3-10,27H2,1-2H3,(H2,28,30)(H,31,33)/t15-,16?,17?,18?,19+,26?/m1/s1. The zero-order valence-electron chi connectivity index (χ0n) is 20.6. The molecule has 2 aromatic rings. The molecule has 9 heteroatoms. The summed E-state index contributed by atoms with van der Waals surface area (Å²) < 4.78 is 0. The Balaban J connectivity index is 1.29. The van der Waals surface area contributed by atoms with Crippen LogP contribution in [0.3, 0.4) is 0 Å². The summed E-state index contributed by atoms with van der Waals surface area (Å²) in [6, 6.07) is 1.86. The van der Waals surface area contributed by atoms with Crippen molar-refractivity contribution in [2.75, 3.05) is 11.1 Å². The number of piperidine rings is 2. The number of pyridine rings is 1. The minimum atomic E-state index is -0.259. The summed E-state index contributed by atoms with van der Waals surface area (Å²) in [7, 11) is 0.